The van der Waals surface area contributed by atoms with Crippen LogP contribution in [0.2, 0.25) is 0 Å². The lowest BCUT2D eigenvalue weighted by Crippen LogP contribution is -2.33. The van der Waals surface area contributed by atoms with Gasteiger partial charge in [0, 0.05) is 25.3 Å². The topological polar surface area (TPSA) is 66.5 Å². The SMILES string of the molecule is N=NC(=N)N(Cc1cc(C(F)(F)F)cc(C(F)(F)F)c1)[C@H]1CCCN(CC2CCCC2)c2cc3c(cc21)CCC3. The first-order valence-electron chi connectivity index (χ1n) is 13.9. The Morgan fingerprint density at radius 3 is 2.08 bits per heavy atom. The van der Waals surface area contributed by atoms with E-state index in [4.69, 9.17) is 10.9 Å². The molecule has 0 saturated heterocycles. The van der Waals surface area contributed by atoms with E-state index in [0.29, 0.717) is 24.5 Å². The summed E-state index contributed by atoms with van der Waals surface area (Å²) in [6, 6.07) is 5.32. The number of benzene rings is 2. The van der Waals surface area contributed by atoms with Crippen molar-refractivity contribution in [2.75, 3.05) is 18.0 Å². The number of halogens is 6. The molecule has 5 nitrogen and oxygen atoms in total. The second-order valence-corrected chi connectivity index (χ2v) is 11.3. The third kappa shape index (κ3) is 5.98. The zero-order chi connectivity index (χ0) is 28.7. The van der Waals surface area contributed by atoms with E-state index in [2.05, 4.69) is 22.1 Å². The molecule has 5 rings (SSSR count). The third-order valence-electron chi connectivity index (χ3n) is 8.55. The number of hydrogen-bond acceptors (Lipinski definition) is 3. The van der Waals surface area contributed by atoms with Gasteiger partial charge in [-0.25, -0.2) is 5.53 Å². The van der Waals surface area contributed by atoms with Gasteiger partial charge in [0.1, 0.15) is 0 Å². The van der Waals surface area contributed by atoms with E-state index in [9.17, 15) is 26.3 Å². The monoisotopic (exact) mass is 565 g/mol. The first kappa shape index (κ1) is 28.4. The Kier molecular flexibility index (Phi) is 7.85. The molecule has 0 bridgehead atoms. The molecule has 40 heavy (non-hydrogen) atoms. The van der Waals surface area contributed by atoms with Crippen LogP contribution >= 0.6 is 0 Å². The quantitative estimate of drug-likeness (QED) is 0.165. The highest BCUT2D eigenvalue weighted by Gasteiger charge is 2.38. The van der Waals surface area contributed by atoms with Crippen molar-refractivity contribution in [1.29, 1.82) is 10.9 Å². The first-order valence-corrected chi connectivity index (χ1v) is 13.9. The van der Waals surface area contributed by atoms with Crippen molar-refractivity contribution in [2.45, 2.75) is 82.7 Å². The average molecular weight is 566 g/mol. The number of nitrogens with zero attached hydrogens (tertiary/aromatic N) is 3. The van der Waals surface area contributed by atoms with Crippen molar-refractivity contribution in [1.82, 2.24) is 4.90 Å². The summed E-state index contributed by atoms with van der Waals surface area (Å²) in [5, 5.41) is 11.7. The van der Waals surface area contributed by atoms with Gasteiger partial charge in [-0.2, -0.15) is 26.3 Å². The summed E-state index contributed by atoms with van der Waals surface area (Å²) in [6.45, 7) is 1.28. The molecule has 3 aliphatic rings. The Balaban J connectivity index is 1.56. The fraction of sp³-hybridized carbons (Fsp3) is 0.552. The van der Waals surface area contributed by atoms with Gasteiger partial charge in [0.05, 0.1) is 17.2 Å². The van der Waals surface area contributed by atoms with Crippen LogP contribution in [0.4, 0.5) is 32.0 Å². The van der Waals surface area contributed by atoms with Crippen molar-refractivity contribution in [3.05, 3.63) is 63.7 Å². The van der Waals surface area contributed by atoms with Crippen LogP contribution in [0.5, 0.6) is 0 Å². The van der Waals surface area contributed by atoms with Gasteiger partial charge in [-0.1, -0.05) is 18.9 Å². The number of hydrogen-bond donors (Lipinski definition) is 2. The second-order valence-electron chi connectivity index (χ2n) is 11.3. The van der Waals surface area contributed by atoms with E-state index in [-0.39, 0.29) is 11.6 Å². The van der Waals surface area contributed by atoms with E-state index < -0.39 is 42.0 Å². The molecule has 0 aromatic heterocycles. The van der Waals surface area contributed by atoms with Crippen molar-refractivity contribution in [2.24, 2.45) is 11.0 Å². The molecule has 1 aliphatic heterocycles. The Labute approximate surface area is 229 Å². The standard InChI is InChI=1S/C29H33F6N5/c30-28(31,32)22-11-19(12-23(15-22)29(33,34)35)17-40(27(36)38-37)25-9-4-10-39(16-18-5-1-2-6-18)26-14-21-8-3-7-20(21)13-24(25)26/h11-15,18,25,36-37H,1-10,16-17H2/t25-/m0/s1. The molecule has 0 amide bonds. The molecule has 11 heteroatoms. The highest BCUT2D eigenvalue weighted by molar-refractivity contribution is 5.78. The van der Waals surface area contributed by atoms with Gasteiger partial charge in [0.2, 0.25) is 5.96 Å². The predicted molar refractivity (Wildman–Crippen MR) is 139 cm³/mol. The summed E-state index contributed by atoms with van der Waals surface area (Å²) in [4.78, 5) is 3.78. The first-order chi connectivity index (χ1) is 18.9. The molecular formula is C29H33F6N5. The van der Waals surface area contributed by atoms with Crippen LogP contribution in [-0.4, -0.2) is 23.9 Å². The lowest BCUT2D eigenvalue weighted by Gasteiger charge is -2.34. The van der Waals surface area contributed by atoms with E-state index >= 15 is 0 Å². The zero-order valence-electron chi connectivity index (χ0n) is 22.1. The van der Waals surface area contributed by atoms with Crippen molar-refractivity contribution >= 4 is 11.6 Å². The number of guanidine groups is 1. The number of nitrogens with one attached hydrogen (secondary N) is 2. The van der Waals surface area contributed by atoms with Crippen molar-refractivity contribution in [3.63, 3.8) is 0 Å². The van der Waals surface area contributed by atoms with E-state index in [1.54, 1.807) is 0 Å². The fourth-order valence-corrected chi connectivity index (χ4v) is 6.64. The lowest BCUT2D eigenvalue weighted by molar-refractivity contribution is -0.143. The summed E-state index contributed by atoms with van der Waals surface area (Å²) in [5.74, 6) is 0.0906. The van der Waals surface area contributed by atoms with Crippen LogP contribution in [0.1, 0.15) is 84.4 Å². The number of rotatable bonds is 5. The molecule has 1 atom stereocenters. The van der Waals surface area contributed by atoms with Gasteiger partial charge in [0.25, 0.3) is 0 Å². The van der Waals surface area contributed by atoms with Crippen LogP contribution in [-0.2, 0) is 31.7 Å². The Bertz CT molecular complexity index is 1230. The molecule has 0 radical (unpaired) electrons. The second kappa shape index (κ2) is 11.0. The van der Waals surface area contributed by atoms with Crippen LogP contribution in [0, 0.1) is 16.9 Å². The van der Waals surface area contributed by atoms with Crippen LogP contribution in [0.3, 0.4) is 0 Å². The number of fused-ring (bicyclic) bond motifs is 2. The van der Waals surface area contributed by atoms with Crippen LogP contribution < -0.4 is 4.90 Å². The molecule has 2 N–H and O–H groups in total. The molecule has 1 heterocycles. The molecule has 216 valence electrons. The minimum Gasteiger partial charge on any atom is -0.371 e. The van der Waals surface area contributed by atoms with Crippen LogP contribution in [0.25, 0.3) is 0 Å². The predicted octanol–water partition coefficient (Wildman–Crippen LogP) is 8.51. The number of anilines is 1. The number of aryl methyl sites for hydroxylation is 2. The largest absolute Gasteiger partial charge is 0.416 e. The molecule has 0 spiro atoms. The maximum atomic E-state index is 13.6. The summed E-state index contributed by atoms with van der Waals surface area (Å²) in [6.07, 6.45) is -0.998. The normalized spacial score (nSPS) is 19.8. The van der Waals surface area contributed by atoms with E-state index in [0.717, 1.165) is 50.0 Å². The summed E-state index contributed by atoms with van der Waals surface area (Å²) >= 11 is 0. The molecule has 2 aromatic carbocycles. The minimum atomic E-state index is -4.97. The molecule has 2 aliphatic carbocycles. The Morgan fingerprint density at radius 2 is 1.48 bits per heavy atom. The summed E-state index contributed by atoms with van der Waals surface area (Å²) in [7, 11) is 0. The van der Waals surface area contributed by atoms with Crippen molar-refractivity contribution < 1.29 is 26.3 Å². The van der Waals surface area contributed by atoms with Gasteiger partial charge in [-0.3, -0.25) is 5.41 Å². The minimum absolute atomic E-state index is 0.110. The zero-order valence-corrected chi connectivity index (χ0v) is 22.1. The molecule has 1 saturated carbocycles. The Morgan fingerprint density at radius 1 is 0.850 bits per heavy atom. The molecule has 0 unspecified atom stereocenters. The Hall–Kier alpha value is -3.11. The fourth-order valence-electron chi connectivity index (χ4n) is 6.64. The molecule has 2 aromatic rings. The summed E-state index contributed by atoms with van der Waals surface area (Å²) < 4.78 is 81.4. The van der Waals surface area contributed by atoms with E-state index in [1.165, 1.54) is 41.7 Å². The van der Waals surface area contributed by atoms with Gasteiger partial charge in [-0.15, -0.1) is 5.11 Å². The van der Waals surface area contributed by atoms with Crippen LogP contribution in [0.15, 0.2) is 35.4 Å². The van der Waals surface area contributed by atoms with Gasteiger partial charge in [0.15, 0.2) is 0 Å². The lowest BCUT2D eigenvalue weighted by atomic mass is 9.94. The number of alkyl halides is 6. The smallest absolute Gasteiger partial charge is 0.371 e. The van der Waals surface area contributed by atoms with Gasteiger partial charge in [-0.05, 0) is 97.4 Å². The maximum absolute atomic E-state index is 13.6. The molecule has 1 fully saturated rings. The van der Waals surface area contributed by atoms with Gasteiger partial charge >= 0.3 is 12.4 Å². The summed E-state index contributed by atoms with van der Waals surface area (Å²) in [5.41, 5.74) is 8.93. The van der Waals surface area contributed by atoms with Gasteiger partial charge < -0.3 is 9.80 Å². The molecular weight excluding hydrogens is 532 g/mol. The highest BCUT2D eigenvalue weighted by Crippen LogP contribution is 2.43. The highest BCUT2D eigenvalue weighted by atomic mass is 19.4. The average Bonchev–Trinajstić information content (AvgIpc) is 3.55. The maximum Gasteiger partial charge on any atom is 0.416 e. The third-order valence-corrected chi connectivity index (χ3v) is 8.55. The van der Waals surface area contributed by atoms with E-state index in [1.807, 2.05) is 0 Å². The van der Waals surface area contributed by atoms with Crippen molar-refractivity contribution in [3.8, 4) is 0 Å².